The first kappa shape index (κ1) is 17.1. The molecule has 6 heteroatoms. The zero-order chi connectivity index (χ0) is 15.9. The fourth-order valence-corrected chi connectivity index (χ4v) is 3.03. The predicted octanol–water partition coefficient (Wildman–Crippen LogP) is 1.46. The molecular formula is C16H29N3O3. The third kappa shape index (κ3) is 4.87. The molecule has 0 saturated carbocycles. The van der Waals surface area contributed by atoms with E-state index >= 15 is 0 Å². The number of amides is 3. The Kier molecular flexibility index (Phi) is 6.49. The van der Waals surface area contributed by atoms with Crippen LogP contribution >= 0.6 is 0 Å². The lowest BCUT2D eigenvalue weighted by molar-refractivity contribution is -0.134. The maximum atomic E-state index is 12.7. The Morgan fingerprint density at radius 3 is 2.23 bits per heavy atom. The predicted molar refractivity (Wildman–Crippen MR) is 84.6 cm³/mol. The van der Waals surface area contributed by atoms with Gasteiger partial charge in [0.05, 0.1) is 13.2 Å². The molecule has 22 heavy (non-hydrogen) atoms. The highest BCUT2D eigenvalue weighted by molar-refractivity contribution is 5.87. The number of carbonyl (C=O) groups is 2. The summed E-state index contributed by atoms with van der Waals surface area (Å²) in [4.78, 5) is 28.7. The Bertz CT molecular complexity index is 375. The van der Waals surface area contributed by atoms with Crippen LogP contribution in [0.25, 0.3) is 0 Å². The number of carbonyl (C=O) groups excluding carboxylic acids is 2. The molecule has 2 aliphatic heterocycles. The van der Waals surface area contributed by atoms with Crippen LogP contribution in [0.3, 0.4) is 0 Å². The monoisotopic (exact) mass is 311 g/mol. The van der Waals surface area contributed by atoms with Gasteiger partial charge >= 0.3 is 6.03 Å². The second-order valence-electron chi connectivity index (χ2n) is 6.62. The van der Waals surface area contributed by atoms with Crippen LogP contribution in [0, 0.1) is 5.92 Å². The summed E-state index contributed by atoms with van der Waals surface area (Å²) in [5.74, 6) is 0.443. The van der Waals surface area contributed by atoms with E-state index in [0.717, 1.165) is 25.9 Å². The van der Waals surface area contributed by atoms with Crippen LogP contribution in [-0.4, -0.2) is 67.2 Å². The van der Waals surface area contributed by atoms with Crippen LogP contribution in [0.2, 0.25) is 0 Å². The number of likely N-dealkylation sites (tertiary alicyclic amines) is 1. The summed E-state index contributed by atoms with van der Waals surface area (Å²) in [7, 11) is 0. The van der Waals surface area contributed by atoms with Crippen molar-refractivity contribution in [1.82, 2.24) is 15.1 Å². The summed E-state index contributed by atoms with van der Waals surface area (Å²) >= 11 is 0. The van der Waals surface area contributed by atoms with Gasteiger partial charge in [-0.05, 0) is 31.6 Å². The number of ether oxygens (including phenoxy) is 1. The maximum absolute atomic E-state index is 12.7. The van der Waals surface area contributed by atoms with E-state index < -0.39 is 6.04 Å². The van der Waals surface area contributed by atoms with E-state index in [2.05, 4.69) is 19.2 Å². The molecule has 0 aromatic rings. The molecular weight excluding hydrogens is 282 g/mol. The van der Waals surface area contributed by atoms with Crippen molar-refractivity contribution in [2.45, 2.75) is 45.6 Å². The SMILES string of the molecule is CC(C)C[C@@H](NC(=O)N1CCOCC1)C(=O)N1CCCCC1. The molecule has 0 radical (unpaired) electrons. The standard InChI is InChI=1S/C16H29N3O3/c1-13(2)12-14(15(20)18-6-4-3-5-7-18)17-16(21)19-8-10-22-11-9-19/h13-14H,3-12H2,1-2H3,(H,17,21)/t14-/m1/s1. The first-order chi connectivity index (χ1) is 10.6. The van der Waals surface area contributed by atoms with Gasteiger partial charge in [0.15, 0.2) is 0 Å². The Hall–Kier alpha value is -1.30. The van der Waals surface area contributed by atoms with Crippen molar-refractivity contribution in [2.24, 2.45) is 5.92 Å². The first-order valence-corrected chi connectivity index (χ1v) is 8.50. The fraction of sp³-hybridized carbons (Fsp3) is 0.875. The van der Waals surface area contributed by atoms with Gasteiger partial charge in [-0.25, -0.2) is 4.79 Å². The van der Waals surface area contributed by atoms with Crippen LogP contribution in [-0.2, 0) is 9.53 Å². The van der Waals surface area contributed by atoms with Gasteiger partial charge in [-0.1, -0.05) is 13.8 Å². The van der Waals surface area contributed by atoms with Crippen LogP contribution < -0.4 is 5.32 Å². The third-order valence-corrected chi connectivity index (χ3v) is 4.27. The molecule has 0 aromatic heterocycles. The smallest absolute Gasteiger partial charge is 0.318 e. The molecule has 2 aliphatic rings. The quantitative estimate of drug-likeness (QED) is 0.855. The Labute approximate surface area is 133 Å². The summed E-state index contributed by atoms with van der Waals surface area (Å²) in [6, 6.07) is -0.548. The van der Waals surface area contributed by atoms with Crippen molar-refractivity contribution in [3.05, 3.63) is 0 Å². The van der Waals surface area contributed by atoms with Gasteiger partial charge in [0, 0.05) is 26.2 Å². The summed E-state index contributed by atoms with van der Waals surface area (Å²) in [6.45, 7) is 8.14. The fourth-order valence-electron chi connectivity index (χ4n) is 3.03. The van der Waals surface area contributed by atoms with Crippen LogP contribution in [0.15, 0.2) is 0 Å². The minimum Gasteiger partial charge on any atom is -0.378 e. The van der Waals surface area contributed by atoms with Crippen LogP contribution in [0.1, 0.15) is 39.5 Å². The van der Waals surface area contributed by atoms with Crippen molar-refractivity contribution in [2.75, 3.05) is 39.4 Å². The zero-order valence-corrected chi connectivity index (χ0v) is 13.8. The summed E-state index contributed by atoms with van der Waals surface area (Å²) in [5.41, 5.74) is 0. The molecule has 126 valence electrons. The molecule has 2 rings (SSSR count). The van der Waals surface area contributed by atoms with Crippen molar-refractivity contribution in [1.29, 1.82) is 0 Å². The molecule has 6 nitrogen and oxygen atoms in total. The van der Waals surface area contributed by atoms with Crippen molar-refractivity contribution < 1.29 is 14.3 Å². The highest BCUT2D eigenvalue weighted by Gasteiger charge is 2.29. The van der Waals surface area contributed by atoms with E-state index in [1.54, 1.807) is 4.90 Å². The molecule has 0 spiro atoms. The number of urea groups is 1. The molecule has 2 fully saturated rings. The highest BCUT2D eigenvalue weighted by atomic mass is 16.5. The lowest BCUT2D eigenvalue weighted by Gasteiger charge is -2.33. The average Bonchev–Trinajstić information content (AvgIpc) is 2.54. The summed E-state index contributed by atoms with van der Waals surface area (Å²) in [6.07, 6.45) is 4.01. The molecule has 3 amide bonds. The number of morpholine rings is 1. The van der Waals surface area contributed by atoms with Crippen LogP contribution in [0.4, 0.5) is 4.79 Å². The molecule has 0 bridgehead atoms. The molecule has 0 aromatic carbocycles. The maximum Gasteiger partial charge on any atom is 0.318 e. The van der Waals surface area contributed by atoms with E-state index in [1.807, 2.05) is 4.90 Å². The van der Waals surface area contributed by atoms with Crippen molar-refractivity contribution in [3.8, 4) is 0 Å². The normalized spacial score (nSPS) is 20.9. The zero-order valence-electron chi connectivity index (χ0n) is 13.8. The number of hydrogen-bond acceptors (Lipinski definition) is 3. The molecule has 2 heterocycles. The van der Waals surface area contributed by atoms with Gasteiger partial charge in [0.1, 0.15) is 6.04 Å². The summed E-state index contributed by atoms with van der Waals surface area (Å²) < 4.78 is 5.27. The lowest BCUT2D eigenvalue weighted by Crippen LogP contribution is -2.55. The topological polar surface area (TPSA) is 61.9 Å². The van der Waals surface area contributed by atoms with E-state index in [1.165, 1.54) is 6.42 Å². The van der Waals surface area contributed by atoms with Crippen molar-refractivity contribution >= 4 is 11.9 Å². The van der Waals surface area contributed by atoms with E-state index in [0.29, 0.717) is 38.6 Å². The lowest BCUT2D eigenvalue weighted by atomic mass is 10.0. The number of nitrogens with zero attached hydrogens (tertiary/aromatic N) is 2. The number of rotatable bonds is 4. The van der Waals surface area contributed by atoms with E-state index in [9.17, 15) is 9.59 Å². The second kappa shape index (κ2) is 8.36. The first-order valence-electron chi connectivity index (χ1n) is 8.50. The number of hydrogen-bond donors (Lipinski definition) is 1. The highest BCUT2D eigenvalue weighted by Crippen LogP contribution is 2.14. The second-order valence-corrected chi connectivity index (χ2v) is 6.62. The minimum atomic E-state index is -0.409. The molecule has 1 atom stereocenters. The van der Waals surface area contributed by atoms with Crippen molar-refractivity contribution in [3.63, 3.8) is 0 Å². The number of nitrogens with one attached hydrogen (secondary N) is 1. The molecule has 1 N–H and O–H groups in total. The van der Waals surface area contributed by atoms with Gasteiger partial charge < -0.3 is 19.9 Å². The average molecular weight is 311 g/mol. The van der Waals surface area contributed by atoms with E-state index in [-0.39, 0.29) is 11.9 Å². The van der Waals surface area contributed by atoms with Gasteiger partial charge in [-0.15, -0.1) is 0 Å². The third-order valence-electron chi connectivity index (χ3n) is 4.27. The van der Waals surface area contributed by atoms with Gasteiger partial charge in [-0.2, -0.15) is 0 Å². The largest absolute Gasteiger partial charge is 0.378 e. The molecule has 0 aliphatic carbocycles. The molecule has 2 saturated heterocycles. The van der Waals surface area contributed by atoms with Gasteiger partial charge in [0.2, 0.25) is 5.91 Å². The molecule has 0 unspecified atom stereocenters. The number of piperidine rings is 1. The Balaban J connectivity index is 1.95. The summed E-state index contributed by atoms with van der Waals surface area (Å²) in [5, 5.41) is 2.96. The Morgan fingerprint density at radius 1 is 1.00 bits per heavy atom. The van der Waals surface area contributed by atoms with Crippen LogP contribution in [0.5, 0.6) is 0 Å². The van der Waals surface area contributed by atoms with Gasteiger partial charge in [0.25, 0.3) is 0 Å². The Morgan fingerprint density at radius 2 is 1.64 bits per heavy atom. The minimum absolute atomic E-state index is 0.0787. The van der Waals surface area contributed by atoms with E-state index in [4.69, 9.17) is 4.74 Å². The van der Waals surface area contributed by atoms with Gasteiger partial charge in [-0.3, -0.25) is 4.79 Å².